The van der Waals surface area contributed by atoms with Crippen LogP contribution in [0.25, 0.3) is 0 Å². The maximum Gasteiger partial charge on any atom is 0.418 e. The predicted octanol–water partition coefficient (Wildman–Crippen LogP) is 3.07. The highest BCUT2D eigenvalue weighted by molar-refractivity contribution is 5.75. The quantitative estimate of drug-likeness (QED) is 0.513. The second-order valence-electron chi connectivity index (χ2n) is 7.88. The maximum atomic E-state index is 13.5. The van der Waals surface area contributed by atoms with Crippen LogP contribution in [-0.2, 0) is 6.18 Å². The molecule has 0 atom stereocenters. The van der Waals surface area contributed by atoms with Gasteiger partial charge in [-0.3, -0.25) is 10.1 Å². The number of carbonyl (C=O) groups is 1. The molecule has 0 unspecified atom stereocenters. The number of hydrogen-bond donors (Lipinski definition) is 0. The van der Waals surface area contributed by atoms with Crippen molar-refractivity contribution in [1.29, 1.82) is 0 Å². The molecule has 4 rings (SSSR count). The molecule has 0 saturated carbocycles. The van der Waals surface area contributed by atoms with Gasteiger partial charge in [0, 0.05) is 76.4 Å². The molecule has 0 spiro atoms. The Balaban J connectivity index is 1.36. The Hall–Kier alpha value is -3.57. The van der Waals surface area contributed by atoms with Crippen LogP contribution in [0.4, 0.5) is 35.2 Å². The molecule has 3 heterocycles. The number of amides is 2. The van der Waals surface area contributed by atoms with E-state index in [1.54, 1.807) is 16.0 Å². The number of halogens is 3. The van der Waals surface area contributed by atoms with Crippen LogP contribution in [0.5, 0.6) is 0 Å². The van der Waals surface area contributed by atoms with Gasteiger partial charge in [-0.1, -0.05) is 6.07 Å². The van der Waals surface area contributed by atoms with E-state index in [0.717, 1.165) is 18.0 Å². The Labute approximate surface area is 188 Å². The lowest BCUT2D eigenvalue weighted by Gasteiger charge is -2.41. The fourth-order valence-electron chi connectivity index (χ4n) is 4.15. The van der Waals surface area contributed by atoms with Crippen LogP contribution >= 0.6 is 0 Å². The zero-order valence-electron chi connectivity index (χ0n) is 17.7. The topological polar surface area (TPSA) is 86.1 Å². The molecule has 2 aliphatic heterocycles. The zero-order valence-corrected chi connectivity index (χ0v) is 17.7. The second kappa shape index (κ2) is 9.12. The molecule has 9 nitrogen and oxygen atoms in total. The lowest BCUT2D eigenvalue weighted by atomic mass is 10.1. The van der Waals surface area contributed by atoms with Crippen molar-refractivity contribution >= 4 is 23.2 Å². The number of piperazine rings is 2. The van der Waals surface area contributed by atoms with E-state index in [1.165, 1.54) is 4.90 Å². The van der Waals surface area contributed by atoms with E-state index in [9.17, 15) is 28.1 Å². The van der Waals surface area contributed by atoms with Crippen molar-refractivity contribution in [1.82, 2.24) is 14.8 Å². The van der Waals surface area contributed by atoms with Crippen LogP contribution in [0.3, 0.4) is 0 Å². The molecule has 0 aliphatic carbocycles. The first kappa shape index (κ1) is 22.6. The molecule has 2 aliphatic rings. The van der Waals surface area contributed by atoms with Gasteiger partial charge < -0.3 is 19.6 Å². The molecule has 1 aromatic heterocycles. The second-order valence-corrected chi connectivity index (χ2v) is 7.88. The molecular formula is C21H23F3N6O3. The highest BCUT2D eigenvalue weighted by atomic mass is 19.4. The van der Waals surface area contributed by atoms with E-state index in [0.29, 0.717) is 32.2 Å². The summed E-state index contributed by atoms with van der Waals surface area (Å²) in [5.74, 6) is 0.863. The summed E-state index contributed by atoms with van der Waals surface area (Å²) in [6.07, 6.45) is -3.00. The summed E-state index contributed by atoms with van der Waals surface area (Å²) in [5, 5.41) is 10.9. The number of aromatic nitrogens is 1. The molecule has 2 fully saturated rings. The van der Waals surface area contributed by atoms with Crippen molar-refractivity contribution in [2.45, 2.75) is 6.18 Å². The number of alkyl halides is 3. The summed E-state index contributed by atoms with van der Waals surface area (Å²) < 4.78 is 40.6. The van der Waals surface area contributed by atoms with E-state index in [1.807, 2.05) is 18.2 Å². The third kappa shape index (κ3) is 4.94. The van der Waals surface area contributed by atoms with E-state index in [-0.39, 0.29) is 37.9 Å². The number of anilines is 2. The summed E-state index contributed by atoms with van der Waals surface area (Å²) >= 11 is 0. The average Bonchev–Trinajstić information content (AvgIpc) is 2.83. The standard InChI is InChI=1S/C21H23F3N6O3/c22-21(23,24)17-15-16(30(32)33)4-5-18(17)26-7-11-28(12-8-26)20(31)29-13-9-27(10-14-29)19-3-1-2-6-25-19/h1-6,15H,7-14H2. The Kier molecular flexibility index (Phi) is 6.25. The summed E-state index contributed by atoms with van der Waals surface area (Å²) in [7, 11) is 0. The lowest BCUT2D eigenvalue weighted by Crippen LogP contribution is -2.57. The first-order valence-corrected chi connectivity index (χ1v) is 10.5. The van der Waals surface area contributed by atoms with E-state index in [4.69, 9.17) is 0 Å². The van der Waals surface area contributed by atoms with Crippen molar-refractivity contribution in [3.8, 4) is 0 Å². The number of non-ortho nitro benzene ring substituents is 1. The Morgan fingerprint density at radius 1 is 0.909 bits per heavy atom. The molecule has 2 aromatic rings. The van der Waals surface area contributed by atoms with Crippen LogP contribution in [-0.4, -0.2) is 78.1 Å². The first-order valence-electron chi connectivity index (χ1n) is 10.5. The number of nitrogens with zero attached hydrogens (tertiary/aromatic N) is 6. The molecule has 0 bridgehead atoms. The number of nitro benzene ring substituents is 1. The predicted molar refractivity (Wildman–Crippen MR) is 115 cm³/mol. The molecule has 12 heteroatoms. The number of urea groups is 1. The van der Waals surface area contributed by atoms with Crippen molar-refractivity contribution in [3.63, 3.8) is 0 Å². The van der Waals surface area contributed by atoms with Gasteiger partial charge in [0.15, 0.2) is 0 Å². The van der Waals surface area contributed by atoms with Crippen LogP contribution in [0, 0.1) is 10.1 Å². The van der Waals surface area contributed by atoms with Crippen LogP contribution in [0.2, 0.25) is 0 Å². The minimum absolute atomic E-state index is 0.107. The van der Waals surface area contributed by atoms with Gasteiger partial charge in [0.1, 0.15) is 5.82 Å². The highest BCUT2D eigenvalue weighted by Crippen LogP contribution is 2.39. The van der Waals surface area contributed by atoms with Gasteiger partial charge in [0.05, 0.1) is 10.5 Å². The maximum absolute atomic E-state index is 13.5. The summed E-state index contributed by atoms with van der Waals surface area (Å²) in [5.41, 5.74) is -1.75. The minimum Gasteiger partial charge on any atom is -0.367 e. The summed E-state index contributed by atoms with van der Waals surface area (Å²) in [6.45, 7) is 3.34. The van der Waals surface area contributed by atoms with E-state index < -0.39 is 22.4 Å². The molecule has 2 amide bonds. The van der Waals surface area contributed by atoms with Crippen molar-refractivity contribution in [3.05, 3.63) is 58.3 Å². The Morgan fingerprint density at radius 3 is 2.03 bits per heavy atom. The lowest BCUT2D eigenvalue weighted by molar-refractivity contribution is -0.385. The van der Waals surface area contributed by atoms with Crippen molar-refractivity contribution in [2.24, 2.45) is 0 Å². The Bertz CT molecular complexity index is 1000. The van der Waals surface area contributed by atoms with E-state index in [2.05, 4.69) is 9.88 Å². The average molecular weight is 464 g/mol. The molecule has 1 aromatic carbocycles. The van der Waals surface area contributed by atoms with Crippen LogP contribution in [0.1, 0.15) is 5.56 Å². The van der Waals surface area contributed by atoms with Gasteiger partial charge in [-0.15, -0.1) is 0 Å². The molecule has 0 radical (unpaired) electrons. The number of rotatable bonds is 3. The number of pyridine rings is 1. The molecule has 176 valence electrons. The molecule has 33 heavy (non-hydrogen) atoms. The van der Waals surface area contributed by atoms with Gasteiger partial charge in [-0.25, -0.2) is 9.78 Å². The van der Waals surface area contributed by atoms with E-state index >= 15 is 0 Å². The third-order valence-corrected chi connectivity index (χ3v) is 5.91. The van der Waals surface area contributed by atoms with Crippen molar-refractivity contribution in [2.75, 3.05) is 62.2 Å². The summed E-state index contributed by atoms with van der Waals surface area (Å²) in [4.78, 5) is 34.3. The van der Waals surface area contributed by atoms with Crippen LogP contribution < -0.4 is 9.80 Å². The fraction of sp³-hybridized carbons (Fsp3) is 0.429. The summed E-state index contributed by atoms with van der Waals surface area (Å²) in [6, 6.07) is 8.32. The normalized spacial score (nSPS) is 17.3. The zero-order chi connectivity index (χ0) is 23.6. The monoisotopic (exact) mass is 464 g/mol. The number of nitro groups is 1. The number of benzene rings is 1. The number of carbonyl (C=O) groups excluding carboxylic acids is 1. The first-order chi connectivity index (χ1) is 15.7. The molecule has 0 N–H and O–H groups in total. The number of hydrogen-bond acceptors (Lipinski definition) is 6. The SMILES string of the molecule is O=C(N1CCN(c2ccccn2)CC1)N1CCN(c2ccc([N+](=O)[O-])cc2C(F)(F)F)CC1. The molecule has 2 saturated heterocycles. The van der Waals surface area contributed by atoms with Gasteiger partial charge in [-0.2, -0.15) is 13.2 Å². The van der Waals surface area contributed by atoms with Gasteiger partial charge in [0.25, 0.3) is 5.69 Å². The van der Waals surface area contributed by atoms with Gasteiger partial charge in [0.2, 0.25) is 0 Å². The Morgan fingerprint density at radius 2 is 1.52 bits per heavy atom. The largest absolute Gasteiger partial charge is 0.418 e. The third-order valence-electron chi connectivity index (χ3n) is 5.91. The van der Waals surface area contributed by atoms with Crippen molar-refractivity contribution < 1.29 is 22.9 Å². The highest BCUT2D eigenvalue weighted by Gasteiger charge is 2.37. The van der Waals surface area contributed by atoms with Gasteiger partial charge >= 0.3 is 12.2 Å². The smallest absolute Gasteiger partial charge is 0.367 e. The fourth-order valence-corrected chi connectivity index (χ4v) is 4.15. The molecular weight excluding hydrogens is 441 g/mol. The minimum atomic E-state index is -4.72. The van der Waals surface area contributed by atoms with Crippen LogP contribution in [0.15, 0.2) is 42.6 Å². The van der Waals surface area contributed by atoms with Gasteiger partial charge in [-0.05, 0) is 18.2 Å².